The molecule has 0 aliphatic rings. The number of ether oxygens (including phenoxy) is 1. The van der Waals surface area contributed by atoms with Crippen LogP contribution < -0.4 is 10.1 Å². The third kappa shape index (κ3) is 13.0. The Balaban J connectivity index is 0.000000557. The number of rotatable bonds is 14. The average molecular weight is 600 g/mol. The van der Waals surface area contributed by atoms with Crippen LogP contribution in [0.4, 0.5) is 0 Å². The summed E-state index contributed by atoms with van der Waals surface area (Å²) in [5.41, 5.74) is 5.21. The highest BCUT2D eigenvalue weighted by molar-refractivity contribution is 6.30. The lowest BCUT2D eigenvalue weighted by atomic mass is 9.88. The fourth-order valence-corrected chi connectivity index (χ4v) is 4.62. The lowest BCUT2D eigenvalue weighted by Crippen LogP contribution is -2.28. The maximum Gasteiger partial charge on any atom is 0.328 e. The highest BCUT2D eigenvalue weighted by Gasteiger charge is 2.14. The largest absolute Gasteiger partial charge is 0.489 e. The van der Waals surface area contributed by atoms with E-state index in [0.717, 1.165) is 42.1 Å². The second kappa shape index (κ2) is 18.2. The summed E-state index contributed by atoms with van der Waals surface area (Å²) in [5, 5.41) is 20.1. The minimum atomic E-state index is -1.26. The van der Waals surface area contributed by atoms with E-state index in [9.17, 15) is 9.59 Å². The van der Waals surface area contributed by atoms with Gasteiger partial charge in [0, 0.05) is 29.1 Å². The van der Waals surface area contributed by atoms with Crippen LogP contribution in [0.5, 0.6) is 5.75 Å². The van der Waals surface area contributed by atoms with Crippen LogP contribution in [0, 0.1) is 0 Å². The highest BCUT2D eigenvalue weighted by Crippen LogP contribution is 2.27. The second-order valence-electron chi connectivity index (χ2n) is 10.1. The number of carboxylic acids is 2. The number of hydrogen-bond donors (Lipinski definition) is 3. The molecule has 0 aliphatic heterocycles. The van der Waals surface area contributed by atoms with Crippen LogP contribution in [0.2, 0.25) is 5.02 Å². The van der Waals surface area contributed by atoms with Gasteiger partial charge in [0.05, 0.1) is 0 Å². The Kier molecular flexibility index (Phi) is 14.0. The monoisotopic (exact) mass is 599 g/mol. The summed E-state index contributed by atoms with van der Waals surface area (Å²) in [6, 6.07) is 38.4. The van der Waals surface area contributed by atoms with Crippen LogP contribution in [-0.2, 0) is 22.6 Å². The summed E-state index contributed by atoms with van der Waals surface area (Å²) < 4.78 is 5.91. The van der Waals surface area contributed by atoms with Crippen molar-refractivity contribution in [2.45, 2.75) is 44.8 Å². The molecule has 224 valence electrons. The smallest absolute Gasteiger partial charge is 0.328 e. The summed E-state index contributed by atoms with van der Waals surface area (Å²) in [7, 11) is 0. The quantitative estimate of drug-likeness (QED) is 0.128. The van der Waals surface area contributed by atoms with Gasteiger partial charge >= 0.3 is 11.9 Å². The standard InChI is InChI=1S/C32H34ClNO.C4H4O4/c1-25(34-23-22-32(28-8-4-2-5-9-28)29-10-6-3-7-11-29)12-13-26-16-20-31(21-17-26)35-24-27-14-18-30(33)19-15-27;5-3(6)1-2-4(7)8/h2-11,14-21,25,32,34H,12-13,22-24H2,1H3;1-2H,(H,5,6)(H,7,8)/b;2-1-. The number of carbonyl (C=O) groups is 2. The van der Waals surface area contributed by atoms with E-state index in [1.807, 2.05) is 24.3 Å². The van der Waals surface area contributed by atoms with Crippen molar-refractivity contribution in [3.05, 3.63) is 149 Å². The molecule has 0 spiro atoms. The molecule has 1 unspecified atom stereocenters. The Labute approximate surface area is 258 Å². The zero-order chi connectivity index (χ0) is 30.9. The average Bonchev–Trinajstić information content (AvgIpc) is 3.02. The predicted octanol–water partition coefficient (Wildman–Crippen LogP) is 7.76. The number of benzene rings is 4. The lowest BCUT2D eigenvalue weighted by molar-refractivity contribution is -0.134. The summed E-state index contributed by atoms with van der Waals surface area (Å²) in [4.78, 5) is 19.1. The van der Waals surface area contributed by atoms with Crippen LogP contribution in [-0.4, -0.2) is 34.7 Å². The van der Waals surface area contributed by atoms with Crippen LogP contribution >= 0.6 is 11.6 Å². The van der Waals surface area contributed by atoms with Crippen molar-refractivity contribution in [2.75, 3.05) is 6.54 Å². The maximum absolute atomic E-state index is 9.55. The molecule has 0 amide bonds. The van der Waals surface area contributed by atoms with Crippen molar-refractivity contribution in [3.8, 4) is 5.75 Å². The fraction of sp³-hybridized carbons (Fsp3) is 0.222. The Hall–Kier alpha value is -4.39. The SMILES string of the molecule is CC(CCc1ccc(OCc2ccc(Cl)cc2)cc1)NCCC(c1ccccc1)c1ccccc1.O=C(O)/C=C\C(=O)O. The van der Waals surface area contributed by atoms with E-state index >= 15 is 0 Å². The molecule has 43 heavy (non-hydrogen) atoms. The van der Waals surface area contributed by atoms with Gasteiger partial charge in [-0.15, -0.1) is 0 Å². The molecule has 0 fully saturated rings. The molecule has 0 saturated carbocycles. The zero-order valence-corrected chi connectivity index (χ0v) is 25.0. The van der Waals surface area contributed by atoms with E-state index in [-0.39, 0.29) is 0 Å². The molecular weight excluding hydrogens is 562 g/mol. The number of nitrogens with one attached hydrogen (secondary N) is 1. The zero-order valence-electron chi connectivity index (χ0n) is 24.2. The Morgan fingerprint density at radius 3 is 1.77 bits per heavy atom. The number of halogens is 1. The van der Waals surface area contributed by atoms with Gasteiger partial charge in [0.15, 0.2) is 0 Å². The summed E-state index contributed by atoms with van der Waals surface area (Å²) in [6.07, 6.45) is 4.35. The maximum atomic E-state index is 9.55. The molecule has 1 atom stereocenters. The number of carboxylic acid groups (broad SMARTS) is 2. The van der Waals surface area contributed by atoms with Gasteiger partial charge in [-0.2, -0.15) is 0 Å². The molecule has 4 aromatic rings. The molecule has 0 heterocycles. The third-order valence-electron chi connectivity index (χ3n) is 6.81. The van der Waals surface area contributed by atoms with Crippen molar-refractivity contribution >= 4 is 23.5 Å². The van der Waals surface area contributed by atoms with Crippen molar-refractivity contribution < 1.29 is 24.5 Å². The van der Waals surface area contributed by atoms with E-state index in [1.54, 1.807) is 0 Å². The molecule has 7 heteroatoms. The topological polar surface area (TPSA) is 95.9 Å². The van der Waals surface area contributed by atoms with E-state index in [1.165, 1.54) is 16.7 Å². The van der Waals surface area contributed by atoms with Crippen LogP contribution in [0.3, 0.4) is 0 Å². The Morgan fingerprint density at radius 2 is 1.26 bits per heavy atom. The van der Waals surface area contributed by atoms with Gasteiger partial charge < -0.3 is 20.3 Å². The van der Waals surface area contributed by atoms with Gasteiger partial charge in [-0.25, -0.2) is 9.59 Å². The first-order valence-electron chi connectivity index (χ1n) is 14.2. The van der Waals surface area contributed by atoms with Crippen molar-refractivity contribution in [3.63, 3.8) is 0 Å². The molecule has 6 nitrogen and oxygen atoms in total. The normalized spacial score (nSPS) is 11.5. The molecule has 0 bridgehead atoms. The fourth-order valence-electron chi connectivity index (χ4n) is 4.50. The Bertz CT molecular complexity index is 1350. The molecule has 4 rings (SSSR count). The van der Waals surface area contributed by atoms with Crippen molar-refractivity contribution in [1.29, 1.82) is 0 Å². The first-order chi connectivity index (χ1) is 20.8. The minimum Gasteiger partial charge on any atom is -0.489 e. The summed E-state index contributed by atoms with van der Waals surface area (Å²) in [6.45, 7) is 3.82. The number of hydrogen-bond acceptors (Lipinski definition) is 4. The highest BCUT2D eigenvalue weighted by atomic mass is 35.5. The van der Waals surface area contributed by atoms with Gasteiger partial charge in [0.2, 0.25) is 0 Å². The minimum absolute atomic E-state index is 0.414. The number of aliphatic carboxylic acids is 2. The molecule has 0 radical (unpaired) electrons. The summed E-state index contributed by atoms with van der Waals surface area (Å²) >= 11 is 5.95. The van der Waals surface area contributed by atoms with Crippen molar-refractivity contribution in [2.24, 2.45) is 0 Å². The van der Waals surface area contributed by atoms with E-state index < -0.39 is 11.9 Å². The van der Waals surface area contributed by atoms with E-state index in [4.69, 9.17) is 26.6 Å². The van der Waals surface area contributed by atoms with Crippen LogP contribution in [0.25, 0.3) is 0 Å². The molecule has 3 N–H and O–H groups in total. The van der Waals surface area contributed by atoms with Gasteiger partial charge in [0.25, 0.3) is 0 Å². The third-order valence-corrected chi connectivity index (χ3v) is 7.06. The van der Waals surface area contributed by atoms with Gasteiger partial charge in [0.1, 0.15) is 12.4 Å². The predicted molar refractivity (Wildman–Crippen MR) is 172 cm³/mol. The van der Waals surface area contributed by atoms with E-state index in [0.29, 0.717) is 30.7 Å². The van der Waals surface area contributed by atoms with Gasteiger partial charge in [-0.05, 0) is 79.3 Å². The van der Waals surface area contributed by atoms with Crippen molar-refractivity contribution in [1.82, 2.24) is 5.32 Å². The summed E-state index contributed by atoms with van der Waals surface area (Å²) in [5.74, 6) is -1.21. The molecule has 0 aliphatic carbocycles. The molecule has 4 aromatic carbocycles. The first kappa shape index (κ1) is 33.1. The lowest BCUT2D eigenvalue weighted by Gasteiger charge is -2.20. The Morgan fingerprint density at radius 1 is 0.744 bits per heavy atom. The molecule has 0 aromatic heterocycles. The molecule has 0 saturated heterocycles. The molecular formula is C36H38ClNO5. The number of aryl methyl sites for hydroxylation is 1. The van der Waals surface area contributed by atoms with E-state index in [2.05, 4.69) is 97.2 Å². The van der Waals surface area contributed by atoms with Gasteiger partial charge in [-0.3, -0.25) is 0 Å². The first-order valence-corrected chi connectivity index (χ1v) is 14.6. The van der Waals surface area contributed by atoms with Crippen LogP contribution in [0.1, 0.15) is 47.9 Å². The van der Waals surface area contributed by atoms with Crippen LogP contribution in [0.15, 0.2) is 121 Å². The van der Waals surface area contributed by atoms with Gasteiger partial charge in [-0.1, -0.05) is 96.5 Å². The second-order valence-corrected chi connectivity index (χ2v) is 10.6.